The van der Waals surface area contributed by atoms with Crippen molar-refractivity contribution in [3.8, 4) is 11.3 Å². The largest absolute Gasteiger partial charge is 0.365 e. The Bertz CT molecular complexity index is 1020. The van der Waals surface area contributed by atoms with E-state index in [4.69, 9.17) is 4.98 Å². The molecule has 4 rings (SSSR count). The van der Waals surface area contributed by atoms with Gasteiger partial charge in [-0.2, -0.15) is 0 Å². The molecular weight excluding hydrogens is 313 g/mol. The van der Waals surface area contributed by atoms with Crippen molar-refractivity contribution in [1.29, 1.82) is 0 Å². The molecule has 2 aromatic carbocycles. The van der Waals surface area contributed by atoms with Crippen molar-refractivity contribution in [3.63, 3.8) is 0 Å². The quantitative estimate of drug-likeness (QED) is 0.566. The van der Waals surface area contributed by atoms with Crippen LogP contribution in [0.4, 0.5) is 10.2 Å². The van der Waals surface area contributed by atoms with E-state index in [0.717, 1.165) is 28.4 Å². The highest BCUT2D eigenvalue weighted by Gasteiger charge is 2.15. The van der Waals surface area contributed by atoms with E-state index in [2.05, 4.69) is 21.9 Å². The maximum atomic E-state index is 13.7. The summed E-state index contributed by atoms with van der Waals surface area (Å²) in [7, 11) is 0. The average Bonchev–Trinajstić information content (AvgIpc) is 3.01. The summed E-state index contributed by atoms with van der Waals surface area (Å²) in [5.74, 6) is 0.614. The summed E-state index contributed by atoms with van der Waals surface area (Å²) < 4.78 is 15.8. The molecule has 0 aliphatic rings. The Hall–Kier alpha value is -3.14. The van der Waals surface area contributed by atoms with Crippen LogP contribution in [0.3, 0.4) is 0 Å². The number of hydrogen-bond acceptors (Lipinski definition) is 2. The summed E-state index contributed by atoms with van der Waals surface area (Å²) in [5.41, 5.74) is 4.61. The molecule has 0 atom stereocenters. The first-order chi connectivity index (χ1) is 12.2. The van der Waals surface area contributed by atoms with Gasteiger partial charge >= 0.3 is 0 Å². The first kappa shape index (κ1) is 15.4. The van der Waals surface area contributed by atoms with Crippen LogP contribution in [0.5, 0.6) is 0 Å². The van der Waals surface area contributed by atoms with Gasteiger partial charge in [0.25, 0.3) is 0 Å². The lowest BCUT2D eigenvalue weighted by molar-refractivity contribution is 0.628. The van der Waals surface area contributed by atoms with Crippen LogP contribution in [-0.4, -0.2) is 9.38 Å². The highest BCUT2D eigenvalue weighted by molar-refractivity contribution is 5.77. The highest BCUT2D eigenvalue weighted by atomic mass is 19.1. The summed E-state index contributed by atoms with van der Waals surface area (Å²) in [5, 5.41) is 3.49. The number of nitrogens with one attached hydrogen (secondary N) is 1. The van der Waals surface area contributed by atoms with Crippen molar-refractivity contribution in [1.82, 2.24) is 9.38 Å². The minimum atomic E-state index is -0.264. The Morgan fingerprint density at radius 2 is 1.76 bits per heavy atom. The minimum Gasteiger partial charge on any atom is -0.365 e. The molecule has 0 saturated heterocycles. The number of pyridine rings is 1. The highest BCUT2D eigenvalue weighted by Crippen LogP contribution is 2.30. The van der Waals surface area contributed by atoms with Crippen molar-refractivity contribution < 1.29 is 4.39 Å². The topological polar surface area (TPSA) is 29.3 Å². The number of aromatic nitrogens is 2. The number of hydrogen-bond donors (Lipinski definition) is 1. The Morgan fingerprint density at radius 1 is 0.960 bits per heavy atom. The minimum absolute atomic E-state index is 0.264. The summed E-state index contributed by atoms with van der Waals surface area (Å²) in [6.07, 6.45) is 0. The van der Waals surface area contributed by atoms with E-state index in [1.165, 1.54) is 17.7 Å². The molecule has 3 nitrogen and oxygen atoms in total. The Kier molecular flexibility index (Phi) is 3.94. The number of halogens is 1. The van der Waals surface area contributed by atoms with Crippen LogP contribution in [0, 0.1) is 12.7 Å². The fourth-order valence-electron chi connectivity index (χ4n) is 3.04. The van der Waals surface area contributed by atoms with Gasteiger partial charge in [-0.3, -0.25) is 4.40 Å². The standard InChI is InChI=1S/C21H18FN3/c1-15-7-5-12-19-24-20(17-10-6-11-18(22)13-17)21(25(15)19)23-14-16-8-3-2-4-9-16/h2-13,23H,14H2,1H3. The molecule has 0 fully saturated rings. The van der Waals surface area contributed by atoms with Crippen LogP contribution in [0.1, 0.15) is 11.3 Å². The van der Waals surface area contributed by atoms with Gasteiger partial charge in [-0.25, -0.2) is 9.37 Å². The monoisotopic (exact) mass is 331 g/mol. The number of nitrogens with zero attached hydrogens (tertiary/aromatic N) is 2. The van der Waals surface area contributed by atoms with E-state index >= 15 is 0 Å². The Morgan fingerprint density at radius 3 is 2.56 bits per heavy atom. The van der Waals surface area contributed by atoms with E-state index in [9.17, 15) is 4.39 Å². The predicted molar refractivity (Wildman–Crippen MR) is 99.1 cm³/mol. The van der Waals surface area contributed by atoms with Gasteiger partial charge in [0.2, 0.25) is 0 Å². The van der Waals surface area contributed by atoms with Crippen molar-refractivity contribution in [2.75, 3.05) is 5.32 Å². The van der Waals surface area contributed by atoms with Gasteiger partial charge in [0, 0.05) is 17.8 Å². The summed E-state index contributed by atoms with van der Waals surface area (Å²) >= 11 is 0. The lowest BCUT2D eigenvalue weighted by Crippen LogP contribution is -2.04. The van der Waals surface area contributed by atoms with Crippen LogP contribution >= 0.6 is 0 Å². The molecule has 0 unspecified atom stereocenters. The number of imidazole rings is 1. The van der Waals surface area contributed by atoms with Gasteiger partial charge < -0.3 is 5.32 Å². The molecule has 0 aliphatic heterocycles. The molecule has 4 aromatic rings. The lowest BCUT2D eigenvalue weighted by Gasteiger charge is -2.11. The van der Waals surface area contributed by atoms with Gasteiger partial charge in [-0.1, -0.05) is 48.5 Å². The molecule has 25 heavy (non-hydrogen) atoms. The third-order valence-corrected chi connectivity index (χ3v) is 4.24. The van der Waals surface area contributed by atoms with E-state index in [1.807, 2.05) is 49.4 Å². The van der Waals surface area contributed by atoms with Crippen molar-refractivity contribution >= 4 is 11.5 Å². The SMILES string of the molecule is Cc1cccc2nc(-c3cccc(F)c3)c(NCc3ccccc3)n12. The second kappa shape index (κ2) is 6.40. The Balaban J connectivity index is 1.83. The maximum absolute atomic E-state index is 13.7. The van der Waals surface area contributed by atoms with Crippen molar-refractivity contribution in [3.05, 3.63) is 89.9 Å². The zero-order valence-electron chi connectivity index (χ0n) is 13.9. The fourth-order valence-corrected chi connectivity index (χ4v) is 3.04. The molecule has 0 bridgehead atoms. The normalized spacial score (nSPS) is 11.0. The number of rotatable bonds is 4. The number of benzene rings is 2. The van der Waals surface area contributed by atoms with Gasteiger partial charge in [0.05, 0.1) is 0 Å². The van der Waals surface area contributed by atoms with Crippen LogP contribution < -0.4 is 5.32 Å². The molecule has 2 heterocycles. The molecule has 0 radical (unpaired) electrons. The summed E-state index contributed by atoms with van der Waals surface area (Å²) in [4.78, 5) is 4.73. The second-order valence-corrected chi connectivity index (χ2v) is 6.02. The Labute approximate surface area is 145 Å². The fraction of sp³-hybridized carbons (Fsp3) is 0.0952. The van der Waals surface area contributed by atoms with Crippen LogP contribution in [0.2, 0.25) is 0 Å². The number of fused-ring (bicyclic) bond motifs is 1. The third-order valence-electron chi connectivity index (χ3n) is 4.24. The van der Waals surface area contributed by atoms with Gasteiger partial charge in [-0.05, 0) is 36.8 Å². The summed E-state index contributed by atoms with van der Waals surface area (Å²) in [6.45, 7) is 2.71. The first-order valence-corrected chi connectivity index (χ1v) is 8.24. The third kappa shape index (κ3) is 2.98. The molecule has 1 N–H and O–H groups in total. The molecule has 0 spiro atoms. The van der Waals surface area contributed by atoms with Crippen molar-refractivity contribution in [2.24, 2.45) is 0 Å². The first-order valence-electron chi connectivity index (χ1n) is 8.24. The molecule has 0 aliphatic carbocycles. The molecule has 2 aromatic heterocycles. The molecule has 0 amide bonds. The second-order valence-electron chi connectivity index (χ2n) is 6.02. The van der Waals surface area contributed by atoms with Crippen LogP contribution in [-0.2, 0) is 6.54 Å². The van der Waals surface area contributed by atoms with Crippen LogP contribution in [0.15, 0.2) is 72.8 Å². The average molecular weight is 331 g/mol. The zero-order chi connectivity index (χ0) is 17.2. The predicted octanol–water partition coefficient (Wildman–Crippen LogP) is 5.06. The lowest BCUT2D eigenvalue weighted by atomic mass is 10.1. The van der Waals surface area contributed by atoms with E-state index < -0.39 is 0 Å². The zero-order valence-corrected chi connectivity index (χ0v) is 13.9. The number of anilines is 1. The smallest absolute Gasteiger partial charge is 0.139 e. The molecule has 0 saturated carbocycles. The van der Waals surface area contributed by atoms with E-state index in [-0.39, 0.29) is 5.82 Å². The number of aryl methyl sites for hydroxylation is 1. The maximum Gasteiger partial charge on any atom is 0.139 e. The van der Waals surface area contributed by atoms with Crippen molar-refractivity contribution in [2.45, 2.75) is 13.5 Å². The van der Waals surface area contributed by atoms with Gasteiger partial charge in [0.15, 0.2) is 0 Å². The van der Waals surface area contributed by atoms with Gasteiger partial charge in [0.1, 0.15) is 23.0 Å². The molecule has 4 heteroatoms. The molecule has 124 valence electrons. The van der Waals surface area contributed by atoms with Gasteiger partial charge in [-0.15, -0.1) is 0 Å². The van der Waals surface area contributed by atoms with Crippen LogP contribution in [0.25, 0.3) is 16.9 Å². The molecular formula is C21H18FN3. The summed E-state index contributed by atoms with van der Waals surface area (Å²) in [6, 6.07) is 22.7. The van der Waals surface area contributed by atoms with E-state index in [0.29, 0.717) is 6.54 Å². The van der Waals surface area contributed by atoms with E-state index in [1.54, 1.807) is 6.07 Å².